The maximum atomic E-state index is 11.3. The maximum absolute atomic E-state index is 11.3. The first-order chi connectivity index (χ1) is 8.02. The van der Waals surface area contributed by atoms with Gasteiger partial charge in [-0.25, -0.2) is 4.79 Å². The first-order valence-electron chi connectivity index (χ1n) is 4.99. The topological polar surface area (TPSA) is 67.4 Å². The van der Waals surface area contributed by atoms with Crippen molar-refractivity contribution in [2.75, 3.05) is 12.4 Å². The van der Waals surface area contributed by atoms with E-state index >= 15 is 0 Å². The smallest absolute Gasteiger partial charge is 0.410 e. The normalized spacial score (nSPS) is 9.29. The summed E-state index contributed by atoms with van der Waals surface area (Å²) in [5.74, 6) is 0.155. The van der Waals surface area contributed by atoms with E-state index in [1.165, 1.54) is 7.05 Å². The molecule has 0 atom stereocenters. The molecule has 0 unspecified atom stereocenters. The zero-order chi connectivity index (χ0) is 12.8. The van der Waals surface area contributed by atoms with E-state index in [4.69, 9.17) is 4.74 Å². The predicted octanol–water partition coefficient (Wildman–Crippen LogP) is 1.92. The summed E-state index contributed by atoms with van der Waals surface area (Å²) in [5, 5.41) is 4.97. The summed E-state index contributed by atoms with van der Waals surface area (Å²) >= 11 is 0. The molecule has 0 heterocycles. The van der Waals surface area contributed by atoms with Crippen molar-refractivity contribution in [3.63, 3.8) is 0 Å². The molecule has 0 bridgehead atoms. The number of nitrogens with one attached hydrogen (secondary N) is 2. The average Bonchev–Trinajstić information content (AvgIpc) is 2.31. The van der Waals surface area contributed by atoms with E-state index in [-0.39, 0.29) is 5.91 Å². The van der Waals surface area contributed by atoms with Gasteiger partial charge in [0, 0.05) is 18.3 Å². The molecule has 17 heavy (non-hydrogen) atoms. The zero-order valence-corrected chi connectivity index (χ0v) is 9.74. The number of carbonyl (C=O) groups is 2. The van der Waals surface area contributed by atoms with Crippen LogP contribution >= 0.6 is 0 Å². The van der Waals surface area contributed by atoms with Gasteiger partial charge in [-0.2, -0.15) is 0 Å². The molecule has 0 aliphatic rings. The molecule has 0 fully saturated rings. The van der Waals surface area contributed by atoms with Crippen LogP contribution in [0.15, 0.2) is 36.4 Å². The molecule has 2 amide bonds. The van der Waals surface area contributed by atoms with Gasteiger partial charge in [0.15, 0.2) is 0 Å². The second kappa shape index (κ2) is 5.69. The van der Waals surface area contributed by atoms with Crippen molar-refractivity contribution in [1.29, 1.82) is 0 Å². The SMILES string of the molecule is C=C(C)C(=O)Nc1ccc(OC(=O)NC)cc1. The Hall–Kier alpha value is -2.30. The van der Waals surface area contributed by atoms with Crippen LogP contribution in [0.3, 0.4) is 0 Å². The van der Waals surface area contributed by atoms with Gasteiger partial charge in [-0.15, -0.1) is 0 Å². The third kappa shape index (κ3) is 3.98. The van der Waals surface area contributed by atoms with E-state index in [9.17, 15) is 9.59 Å². The molecule has 0 aliphatic carbocycles. The van der Waals surface area contributed by atoms with Crippen molar-refractivity contribution in [1.82, 2.24) is 5.32 Å². The number of anilines is 1. The van der Waals surface area contributed by atoms with Crippen LogP contribution in [0.4, 0.5) is 10.5 Å². The fourth-order valence-corrected chi connectivity index (χ4v) is 1.00. The number of hydrogen-bond donors (Lipinski definition) is 2. The van der Waals surface area contributed by atoms with E-state index in [1.54, 1.807) is 31.2 Å². The summed E-state index contributed by atoms with van der Waals surface area (Å²) in [6.45, 7) is 5.15. The summed E-state index contributed by atoms with van der Waals surface area (Å²) in [6, 6.07) is 6.45. The lowest BCUT2D eigenvalue weighted by atomic mass is 10.2. The molecule has 0 saturated heterocycles. The molecule has 1 aromatic carbocycles. The predicted molar refractivity (Wildman–Crippen MR) is 65.0 cm³/mol. The van der Waals surface area contributed by atoms with Crippen LogP contribution in [0.1, 0.15) is 6.92 Å². The van der Waals surface area contributed by atoms with E-state index < -0.39 is 6.09 Å². The quantitative estimate of drug-likeness (QED) is 0.785. The van der Waals surface area contributed by atoms with Gasteiger partial charge in [-0.1, -0.05) is 6.58 Å². The van der Waals surface area contributed by atoms with Gasteiger partial charge in [0.1, 0.15) is 5.75 Å². The van der Waals surface area contributed by atoms with Crippen LogP contribution in [-0.2, 0) is 4.79 Å². The third-order valence-corrected chi connectivity index (χ3v) is 1.91. The second-order valence-electron chi connectivity index (χ2n) is 3.40. The van der Waals surface area contributed by atoms with Crippen molar-refractivity contribution in [2.45, 2.75) is 6.92 Å². The van der Waals surface area contributed by atoms with Crippen molar-refractivity contribution in [2.24, 2.45) is 0 Å². The lowest BCUT2D eigenvalue weighted by molar-refractivity contribution is -0.112. The fraction of sp³-hybridized carbons (Fsp3) is 0.167. The lowest BCUT2D eigenvalue weighted by Gasteiger charge is -2.06. The Morgan fingerprint density at radius 1 is 1.24 bits per heavy atom. The Balaban J connectivity index is 2.65. The Morgan fingerprint density at radius 2 is 1.82 bits per heavy atom. The summed E-state index contributed by atoms with van der Waals surface area (Å²) in [6.07, 6.45) is -0.538. The minimum Gasteiger partial charge on any atom is -0.410 e. The highest BCUT2D eigenvalue weighted by atomic mass is 16.5. The molecule has 1 rings (SSSR count). The summed E-state index contributed by atoms with van der Waals surface area (Å²) in [4.78, 5) is 22.2. The standard InChI is InChI=1S/C12H14N2O3/c1-8(2)11(15)14-9-4-6-10(7-5-9)17-12(16)13-3/h4-7H,1H2,2-3H3,(H,13,16)(H,14,15). The fourth-order valence-electron chi connectivity index (χ4n) is 1.00. The van der Waals surface area contributed by atoms with Crippen molar-refractivity contribution in [3.8, 4) is 5.75 Å². The van der Waals surface area contributed by atoms with Gasteiger partial charge < -0.3 is 15.4 Å². The molecule has 0 saturated carbocycles. The first-order valence-corrected chi connectivity index (χ1v) is 4.99. The van der Waals surface area contributed by atoms with E-state index in [1.807, 2.05) is 0 Å². The number of hydrogen-bond acceptors (Lipinski definition) is 3. The number of amides is 2. The number of benzene rings is 1. The van der Waals surface area contributed by atoms with Crippen LogP contribution in [0.5, 0.6) is 5.75 Å². The Bertz CT molecular complexity index is 438. The van der Waals surface area contributed by atoms with Crippen LogP contribution in [-0.4, -0.2) is 19.0 Å². The highest BCUT2D eigenvalue weighted by molar-refractivity contribution is 6.02. The van der Waals surface area contributed by atoms with E-state index in [0.717, 1.165) is 0 Å². The highest BCUT2D eigenvalue weighted by Crippen LogP contribution is 2.16. The first kappa shape index (κ1) is 12.8. The zero-order valence-electron chi connectivity index (χ0n) is 9.74. The summed E-state index contributed by atoms with van der Waals surface area (Å²) < 4.78 is 4.89. The van der Waals surface area contributed by atoms with Gasteiger partial charge in [-0.05, 0) is 31.2 Å². The van der Waals surface area contributed by atoms with Gasteiger partial charge >= 0.3 is 6.09 Å². The summed E-state index contributed by atoms with van der Waals surface area (Å²) in [7, 11) is 1.48. The Kier molecular flexibility index (Phi) is 4.28. The van der Waals surface area contributed by atoms with Crippen molar-refractivity contribution in [3.05, 3.63) is 36.4 Å². The number of carbonyl (C=O) groups excluding carboxylic acids is 2. The second-order valence-corrected chi connectivity index (χ2v) is 3.40. The molecule has 0 radical (unpaired) electrons. The highest BCUT2D eigenvalue weighted by Gasteiger charge is 2.04. The molecular formula is C12H14N2O3. The maximum Gasteiger partial charge on any atom is 0.412 e. The summed E-state index contributed by atoms with van der Waals surface area (Å²) in [5.41, 5.74) is 1.04. The molecule has 5 heteroatoms. The molecule has 1 aromatic rings. The van der Waals surface area contributed by atoms with Gasteiger partial charge in [-0.3, -0.25) is 4.79 Å². The van der Waals surface area contributed by atoms with Gasteiger partial charge in [0.25, 0.3) is 5.91 Å². The van der Waals surface area contributed by atoms with Crippen molar-refractivity contribution >= 4 is 17.7 Å². The molecule has 0 spiro atoms. The monoisotopic (exact) mass is 234 g/mol. The third-order valence-electron chi connectivity index (χ3n) is 1.91. The van der Waals surface area contributed by atoms with E-state index in [0.29, 0.717) is 17.0 Å². The van der Waals surface area contributed by atoms with Crippen LogP contribution < -0.4 is 15.4 Å². The molecule has 90 valence electrons. The Labute approximate surface area is 99.5 Å². The minimum atomic E-state index is -0.538. The van der Waals surface area contributed by atoms with Gasteiger partial charge in [0.05, 0.1) is 0 Å². The Morgan fingerprint density at radius 3 is 2.29 bits per heavy atom. The lowest BCUT2D eigenvalue weighted by Crippen LogP contribution is -2.22. The largest absolute Gasteiger partial charge is 0.412 e. The number of rotatable bonds is 3. The molecule has 2 N–H and O–H groups in total. The molecule has 5 nitrogen and oxygen atoms in total. The van der Waals surface area contributed by atoms with Crippen LogP contribution in [0, 0.1) is 0 Å². The molecular weight excluding hydrogens is 220 g/mol. The van der Waals surface area contributed by atoms with E-state index in [2.05, 4.69) is 17.2 Å². The molecule has 0 aromatic heterocycles. The van der Waals surface area contributed by atoms with Gasteiger partial charge in [0.2, 0.25) is 0 Å². The average molecular weight is 234 g/mol. The number of ether oxygens (including phenoxy) is 1. The molecule has 0 aliphatic heterocycles. The van der Waals surface area contributed by atoms with Crippen LogP contribution in [0.25, 0.3) is 0 Å². The minimum absolute atomic E-state index is 0.245. The van der Waals surface area contributed by atoms with Crippen LogP contribution in [0.2, 0.25) is 0 Å². The van der Waals surface area contributed by atoms with Crippen molar-refractivity contribution < 1.29 is 14.3 Å².